The molecule has 0 bridgehead atoms. The van der Waals surface area contributed by atoms with E-state index in [1.807, 2.05) is 6.92 Å². The molecule has 8 heteroatoms. The van der Waals surface area contributed by atoms with Gasteiger partial charge in [-0.05, 0) is 24.5 Å². The number of aliphatic hydroxyl groups excluding tert-OH is 1. The molecule has 1 fully saturated rings. The first-order chi connectivity index (χ1) is 9.37. The summed E-state index contributed by atoms with van der Waals surface area (Å²) in [6, 6.07) is 2.55. The number of aliphatic hydroxyl groups is 1. The van der Waals surface area contributed by atoms with Gasteiger partial charge in [-0.2, -0.15) is 4.31 Å². The van der Waals surface area contributed by atoms with E-state index in [0.717, 1.165) is 6.42 Å². The lowest BCUT2D eigenvalue weighted by Crippen LogP contribution is -2.39. The molecule has 3 N–H and O–H groups in total. The Morgan fingerprint density at radius 3 is 2.80 bits per heavy atom. The van der Waals surface area contributed by atoms with Gasteiger partial charge in [-0.15, -0.1) is 0 Å². The van der Waals surface area contributed by atoms with Crippen LogP contribution in [-0.2, 0) is 10.0 Å². The first kappa shape index (κ1) is 15.3. The highest BCUT2D eigenvalue weighted by Crippen LogP contribution is 2.29. The standard InChI is InChI=1S/C12H17N3O3S2/c1-8-4-5-15(11(8)7-16)20(17,18)9-2-3-10(12(13)19)14-6-9/h2-3,6,8,11,16H,4-5,7H2,1H3,(H2,13,19). The third-order valence-corrected chi connectivity index (χ3v) is 5.73. The van der Waals surface area contributed by atoms with E-state index in [1.54, 1.807) is 0 Å². The van der Waals surface area contributed by atoms with E-state index in [2.05, 4.69) is 4.98 Å². The van der Waals surface area contributed by atoms with Gasteiger partial charge in [0, 0.05) is 12.7 Å². The molecule has 1 aromatic rings. The molecule has 0 saturated carbocycles. The first-order valence-electron chi connectivity index (χ1n) is 6.26. The highest BCUT2D eigenvalue weighted by atomic mass is 32.2. The largest absolute Gasteiger partial charge is 0.395 e. The van der Waals surface area contributed by atoms with Crippen molar-refractivity contribution in [2.24, 2.45) is 11.7 Å². The van der Waals surface area contributed by atoms with E-state index in [0.29, 0.717) is 12.2 Å². The van der Waals surface area contributed by atoms with Gasteiger partial charge in [0.2, 0.25) is 10.0 Å². The van der Waals surface area contributed by atoms with Crippen LogP contribution in [0.15, 0.2) is 23.2 Å². The second kappa shape index (κ2) is 5.72. The van der Waals surface area contributed by atoms with Crippen molar-refractivity contribution in [3.63, 3.8) is 0 Å². The van der Waals surface area contributed by atoms with Crippen molar-refractivity contribution < 1.29 is 13.5 Å². The molecule has 2 unspecified atom stereocenters. The number of sulfonamides is 1. The molecule has 0 aromatic carbocycles. The molecule has 0 aliphatic carbocycles. The minimum atomic E-state index is -3.65. The molecule has 2 rings (SSSR count). The molecule has 2 heterocycles. The Hall–Kier alpha value is -1.09. The molecule has 20 heavy (non-hydrogen) atoms. The Bertz CT molecular complexity index is 601. The summed E-state index contributed by atoms with van der Waals surface area (Å²) in [4.78, 5) is 4.16. The predicted molar refractivity (Wildman–Crippen MR) is 78.7 cm³/mol. The summed E-state index contributed by atoms with van der Waals surface area (Å²) >= 11 is 4.78. The fourth-order valence-electron chi connectivity index (χ4n) is 2.36. The zero-order chi connectivity index (χ0) is 14.9. The van der Waals surface area contributed by atoms with Gasteiger partial charge < -0.3 is 10.8 Å². The number of hydrogen-bond acceptors (Lipinski definition) is 5. The Morgan fingerprint density at radius 2 is 2.30 bits per heavy atom. The van der Waals surface area contributed by atoms with Crippen LogP contribution >= 0.6 is 12.2 Å². The van der Waals surface area contributed by atoms with Crippen LogP contribution in [0.2, 0.25) is 0 Å². The fraction of sp³-hybridized carbons (Fsp3) is 0.500. The SMILES string of the molecule is CC1CCN(S(=O)(=O)c2ccc(C(N)=S)nc2)C1CO. The summed E-state index contributed by atoms with van der Waals surface area (Å²) in [7, 11) is -3.65. The summed E-state index contributed by atoms with van der Waals surface area (Å²) in [6.07, 6.45) is 1.99. The molecule has 0 spiro atoms. The maximum absolute atomic E-state index is 12.5. The molecular formula is C12H17N3O3S2. The van der Waals surface area contributed by atoms with Gasteiger partial charge in [-0.25, -0.2) is 8.42 Å². The Kier molecular flexibility index (Phi) is 4.38. The minimum Gasteiger partial charge on any atom is -0.395 e. The average molecular weight is 315 g/mol. The van der Waals surface area contributed by atoms with Crippen molar-refractivity contribution >= 4 is 27.2 Å². The summed E-state index contributed by atoms with van der Waals surface area (Å²) < 4.78 is 26.4. The molecule has 1 aliphatic heterocycles. The normalized spacial score (nSPS) is 23.9. The van der Waals surface area contributed by atoms with Gasteiger partial charge in [0.25, 0.3) is 0 Å². The average Bonchev–Trinajstić information content (AvgIpc) is 2.80. The van der Waals surface area contributed by atoms with Crippen LogP contribution in [0, 0.1) is 5.92 Å². The smallest absolute Gasteiger partial charge is 0.244 e. The van der Waals surface area contributed by atoms with Gasteiger partial charge in [0.1, 0.15) is 9.88 Å². The third-order valence-electron chi connectivity index (χ3n) is 3.61. The number of aromatic nitrogens is 1. The van der Waals surface area contributed by atoms with Crippen LogP contribution in [0.5, 0.6) is 0 Å². The molecular weight excluding hydrogens is 298 g/mol. The number of hydrogen-bond donors (Lipinski definition) is 2. The van der Waals surface area contributed by atoms with Crippen molar-refractivity contribution in [2.75, 3.05) is 13.2 Å². The molecule has 110 valence electrons. The van der Waals surface area contributed by atoms with Crippen molar-refractivity contribution in [3.05, 3.63) is 24.0 Å². The zero-order valence-electron chi connectivity index (χ0n) is 11.1. The third kappa shape index (κ3) is 2.69. The fourth-order valence-corrected chi connectivity index (χ4v) is 4.15. The van der Waals surface area contributed by atoms with Gasteiger partial charge >= 0.3 is 0 Å². The zero-order valence-corrected chi connectivity index (χ0v) is 12.7. The van der Waals surface area contributed by atoms with Crippen molar-refractivity contribution in [2.45, 2.75) is 24.3 Å². The van der Waals surface area contributed by atoms with Crippen LogP contribution in [0.3, 0.4) is 0 Å². The monoisotopic (exact) mass is 315 g/mol. The molecule has 1 saturated heterocycles. The Balaban J connectivity index is 2.33. The van der Waals surface area contributed by atoms with Crippen LogP contribution in [0.1, 0.15) is 19.0 Å². The van der Waals surface area contributed by atoms with Gasteiger partial charge in [0.05, 0.1) is 18.3 Å². The Labute approximate surface area is 123 Å². The molecule has 1 aromatic heterocycles. The number of nitrogens with two attached hydrogens (primary N) is 1. The van der Waals surface area contributed by atoms with E-state index < -0.39 is 10.0 Å². The summed E-state index contributed by atoms with van der Waals surface area (Å²) in [5.41, 5.74) is 5.81. The van der Waals surface area contributed by atoms with Gasteiger partial charge in [-0.3, -0.25) is 4.98 Å². The lowest BCUT2D eigenvalue weighted by atomic mass is 10.0. The molecule has 2 atom stereocenters. The van der Waals surface area contributed by atoms with E-state index in [1.165, 1.54) is 22.6 Å². The van der Waals surface area contributed by atoms with Crippen molar-refractivity contribution in [3.8, 4) is 0 Å². The second-order valence-electron chi connectivity index (χ2n) is 4.88. The minimum absolute atomic E-state index is 0.0880. The molecule has 1 aliphatic rings. The number of nitrogens with zero attached hydrogens (tertiary/aromatic N) is 2. The summed E-state index contributed by atoms with van der Waals surface area (Å²) in [6.45, 7) is 2.16. The Morgan fingerprint density at radius 1 is 1.60 bits per heavy atom. The van der Waals surface area contributed by atoms with Crippen LogP contribution in [0.4, 0.5) is 0 Å². The first-order valence-corrected chi connectivity index (χ1v) is 8.11. The topological polar surface area (TPSA) is 96.5 Å². The van der Waals surface area contributed by atoms with E-state index in [-0.39, 0.29) is 28.5 Å². The lowest BCUT2D eigenvalue weighted by Gasteiger charge is -2.24. The quantitative estimate of drug-likeness (QED) is 0.765. The predicted octanol–water partition coefficient (Wildman–Crippen LogP) is 0.107. The van der Waals surface area contributed by atoms with E-state index in [4.69, 9.17) is 18.0 Å². The van der Waals surface area contributed by atoms with Crippen LogP contribution < -0.4 is 5.73 Å². The van der Waals surface area contributed by atoms with Gasteiger partial charge in [-0.1, -0.05) is 19.1 Å². The van der Waals surface area contributed by atoms with E-state index >= 15 is 0 Å². The van der Waals surface area contributed by atoms with Gasteiger partial charge in [0.15, 0.2) is 0 Å². The second-order valence-corrected chi connectivity index (χ2v) is 7.21. The van der Waals surface area contributed by atoms with Crippen LogP contribution in [0.25, 0.3) is 0 Å². The highest BCUT2D eigenvalue weighted by molar-refractivity contribution is 7.89. The molecule has 0 amide bonds. The lowest BCUT2D eigenvalue weighted by molar-refractivity contribution is 0.191. The molecule has 0 radical (unpaired) electrons. The maximum Gasteiger partial charge on any atom is 0.244 e. The number of thiocarbonyl (C=S) groups is 1. The van der Waals surface area contributed by atoms with Crippen molar-refractivity contribution in [1.29, 1.82) is 0 Å². The number of pyridine rings is 1. The number of rotatable bonds is 4. The van der Waals surface area contributed by atoms with Crippen molar-refractivity contribution in [1.82, 2.24) is 9.29 Å². The highest BCUT2D eigenvalue weighted by Gasteiger charge is 2.39. The summed E-state index contributed by atoms with van der Waals surface area (Å²) in [5, 5.41) is 9.38. The summed E-state index contributed by atoms with van der Waals surface area (Å²) in [5.74, 6) is 0.138. The van der Waals surface area contributed by atoms with E-state index in [9.17, 15) is 13.5 Å². The molecule has 6 nitrogen and oxygen atoms in total. The maximum atomic E-state index is 12.5. The van der Waals surface area contributed by atoms with Crippen LogP contribution in [-0.4, -0.2) is 47.0 Å².